The fourth-order valence-electron chi connectivity index (χ4n) is 2.45. The third-order valence-electron chi connectivity index (χ3n) is 3.47. The molecule has 3 nitrogen and oxygen atoms in total. The van der Waals surface area contributed by atoms with Crippen LogP contribution in [0.15, 0.2) is 29.2 Å². The van der Waals surface area contributed by atoms with Gasteiger partial charge < -0.3 is 5.11 Å². The van der Waals surface area contributed by atoms with Crippen molar-refractivity contribution in [1.82, 2.24) is 4.98 Å². The van der Waals surface area contributed by atoms with Gasteiger partial charge in [0.2, 0.25) is 0 Å². The molecule has 1 aliphatic rings. The number of thioether (sulfide) groups is 1. The van der Waals surface area contributed by atoms with Gasteiger partial charge in [0, 0.05) is 14.8 Å². The minimum Gasteiger partial charge on any atom is -0.481 e. The SMILES string of the molecule is O=C(O)C1CCCc2sc(CSc3ccc(Cl)cc3)nc21. The van der Waals surface area contributed by atoms with Crippen LogP contribution in [0.1, 0.15) is 34.3 Å². The molecular weight excluding hydrogens is 326 g/mol. The van der Waals surface area contributed by atoms with E-state index in [0.29, 0.717) is 6.42 Å². The van der Waals surface area contributed by atoms with Gasteiger partial charge in [0.15, 0.2) is 0 Å². The number of aryl methyl sites for hydroxylation is 1. The molecule has 1 atom stereocenters. The molecule has 0 saturated carbocycles. The zero-order valence-electron chi connectivity index (χ0n) is 11.2. The summed E-state index contributed by atoms with van der Waals surface area (Å²) < 4.78 is 0. The highest BCUT2D eigenvalue weighted by Crippen LogP contribution is 2.36. The van der Waals surface area contributed by atoms with Gasteiger partial charge in [-0.1, -0.05) is 11.6 Å². The van der Waals surface area contributed by atoms with Gasteiger partial charge in [-0.3, -0.25) is 4.79 Å². The van der Waals surface area contributed by atoms with Crippen molar-refractivity contribution in [3.8, 4) is 0 Å². The van der Waals surface area contributed by atoms with Crippen LogP contribution in [-0.2, 0) is 17.0 Å². The third-order valence-corrected chi connectivity index (χ3v) is 6.06. The van der Waals surface area contributed by atoms with Crippen molar-refractivity contribution in [1.29, 1.82) is 0 Å². The summed E-state index contributed by atoms with van der Waals surface area (Å²) in [4.78, 5) is 18.2. The number of carboxylic acids is 1. The number of benzene rings is 1. The molecule has 0 bridgehead atoms. The van der Waals surface area contributed by atoms with Crippen LogP contribution in [0.3, 0.4) is 0 Å². The molecule has 1 aliphatic carbocycles. The lowest BCUT2D eigenvalue weighted by atomic mass is 9.91. The van der Waals surface area contributed by atoms with E-state index >= 15 is 0 Å². The number of hydrogen-bond donors (Lipinski definition) is 1. The molecule has 1 N–H and O–H groups in total. The smallest absolute Gasteiger partial charge is 0.312 e. The number of nitrogens with zero attached hydrogens (tertiary/aromatic N) is 1. The van der Waals surface area contributed by atoms with Gasteiger partial charge in [-0.15, -0.1) is 23.1 Å². The Hall–Kier alpha value is -1.04. The molecule has 0 aliphatic heterocycles. The van der Waals surface area contributed by atoms with E-state index in [0.717, 1.165) is 44.1 Å². The molecule has 1 aromatic carbocycles. The zero-order chi connectivity index (χ0) is 14.8. The molecule has 1 aromatic heterocycles. The Bertz CT molecular complexity index is 654. The number of fused-ring (bicyclic) bond motifs is 1. The Labute approximate surface area is 136 Å². The Morgan fingerprint density at radius 2 is 2.19 bits per heavy atom. The monoisotopic (exact) mass is 339 g/mol. The molecule has 1 unspecified atom stereocenters. The van der Waals surface area contributed by atoms with E-state index in [9.17, 15) is 9.90 Å². The van der Waals surface area contributed by atoms with Gasteiger partial charge in [0.05, 0.1) is 17.4 Å². The lowest BCUT2D eigenvalue weighted by Crippen LogP contribution is -2.17. The number of carbonyl (C=O) groups is 1. The maximum atomic E-state index is 11.3. The van der Waals surface area contributed by atoms with E-state index in [-0.39, 0.29) is 0 Å². The lowest BCUT2D eigenvalue weighted by Gasteiger charge is -2.16. The summed E-state index contributed by atoms with van der Waals surface area (Å²) in [5.41, 5.74) is 0.797. The van der Waals surface area contributed by atoms with Crippen LogP contribution >= 0.6 is 34.7 Å². The number of carboxylic acid groups (broad SMARTS) is 1. The summed E-state index contributed by atoms with van der Waals surface area (Å²) in [6.45, 7) is 0. The van der Waals surface area contributed by atoms with Crippen LogP contribution in [0.5, 0.6) is 0 Å². The predicted molar refractivity (Wildman–Crippen MR) is 86.4 cm³/mol. The van der Waals surface area contributed by atoms with E-state index in [4.69, 9.17) is 11.6 Å². The molecule has 6 heteroatoms. The molecular formula is C15H14ClNO2S2. The van der Waals surface area contributed by atoms with Gasteiger partial charge in [0.1, 0.15) is 5.01 Å². The number of halogens is 1. The summed E-state index contributed by atoms with van der Waals surface area (Å²) in [7, 11) is 0. The van der Waals surface area contributed by atoms with Crippen molar-refractivity contribution < 1.29 is 9.90 Å². The standard InChI is InChI=1S/C15H14ClNO2S2/c16-9-4-6-10(7-5-9)20-8-13-17-14-11(15(18)19)2-1-3-12(14)21-13/h4-7,11H,1-3,8H2,(H,18,19). The van der Waals surface area contributed by atoms with Gasteiger partial charge >= 0.3 is 5.97 Å². The summed E-state index contributed by atoms with van der Waals surface area (Å²) >= 11 is 9.22. The Morgan fingerprint density at radius 1 is 1.43 bits per heavy atom. The largest absolute Gasteiger partial charge is 0.481 e. The second-order valence-electron chi connectivity index (χ2n) is 4.94. The van der Waals surface area contributed by atoms with E-state index < -0.39 is 11.9 Å². The number of aliphatic carboxylic acids is 1. The highest BCUT2D eigenvalue weighted by Gasteiger charge is 2.29. The second kappa shape index (κ2) is 6.38. The number of thiazole rings is 1. The van der Waals surface area contributed by atoms with Crippen molar-refractivity contribution >= 4 is 40.7 Å². The molecule has 0 radical (unpaired) electrons. The Morgan fingerprint density at radius 3 is 2.90 bits per heavy atom. The number of hydrogen-bond acceptors (Lipinski definition) is 4. The predicted octanol–water partition coefficient (Wildman–Crippen LogP) is 4.59. The van der Waals surface area contributed by atoms with Crippen LogP contribution < -0.4 is 0 Å². The van der Waals surface area contributed by atoms with Crippen LogP contribution in [0, 0.1) is 0 Å². The first-order valence-electron chi connectivity index (χ1n) is 6.73. The quantitative estimate of drug-likeness (QED) is 0.827. The van der Waals surface area contributed by atoms with Crippen LogP contribution in [0.4, 0.5) is 0 Å². The van der Waals surface area contributed by atoms with Gasteiger partial charge in [-0.05, 0) is 43.5 Å². The maximum Gasteiger partial charge on any atom is 0.312 e. The molecule has 110 valence electrons. The average molecular weight is 340 g/mol. The highest BCUT2D eigenvalue weighted by atomic mass is 35.5. The second-order valence-corrected chi connectivity index (χ2v) is 7.60. The molecule has 0 fully saturated rings. The fraction of sp³-hybridized carbons (Fsp3) is 0.333. The molecule has 3 rings (SSSR count). The molecule has 1 heterocycles. The topological polar surface area (TPSA) is 50.2 Å². The van der Waals surface area contributed by atoms with E-state index in [1.807, 2.05) is 24.3 Å². The summed E-state index contributed by atoms with van der Waals surface area (Å²) in [5.74, 6) is -0.400. The van der Waals surface area contributed by atoms with E-state index in [2.05, 4.69) is 4.98 Å². The first-order valence-corrected chi connectivity index (χ1v) is 8.91. The van der Waals surface area contributed by atoms with Crippen molar-refractivity contribution in [2.45, 2.75) is 35.8 Å². The normalized spacial score (nSPS) is 17.5. The molecule has 0 saturated heterocycles. The molecule has 21 heavy (non-hydrogen) atoms. The van der Waals surface area contributed by atoms with Crippen LogP contribution in [0.2, 0.25) is 5.02 Å². The Kier molecular flexibility index (Phi) is 4.52. The summed E-state index contributed by atoms with van der Waals surface area (Å²) in [6, 6.07) is 7.72. The van der Waals surface area contributed by atoms with Crippen LogP contribution in [0.25, 0.3) is 0 Å². The minimum atomic E-state index is -0.752. The van der Waals surface area contributed by atoms with Gasteiger partial charge in [-0.25, -0.2) is 4.98 Å². The Balaban J connectivity index is 1.72. The van der Waals surface area contributed by atoms with Crippen LogP contribution in [-0.4, -0.2) is 16.1 Å². The molecule has 0 spiro atoms. The first kappa shape index (κ1) is 14.9. The highest BCUT2D eigenvalue weighted by molar-refractivity contribution is 7.98. The third kappa shape index (κ3) is 3.42. The summed E-state index contributed by atoms with van der Waals surface area (Å²) in [6.07, 6.45) is 2.61. The molecule has 0 amide bonds. The lowest BCUT2D eigenvalue weighted by molar-refractivity contribution is -0.139. The van der Waals surface area contributed by atoms with Gasteiger partial charge in [-0.2, -0.15) is 0 Å². The summed E-state index contributed by atoms with van der Waals surface area (Å²) in [5, 5.41) is 11.0. The average Bonchev–Trinajstić information content (AvgIpc) is 2.89. The van der Waals surface area contributed by atoms with Crippen molar-refractivity contribution in [2.24, 2.45) is 0 Å². The zero-order valence-corrected chi connectivity index (χ0v) is 13.6. The van der Waals surface area contributed by atoms with E-state index in [1.165, 1.54) is 0 Å². The van der Waals surface area contributed by atoms with Gasteiger partial charge in [0.25, 0.3) is 0 Å². The maximum absolute atomic E-state index is 11.3. The van der Waals surface area contributed by atoms with Crippen molar-refractivity contribution in [3.63, 3.8) is 0 Å². The van der Waals surface area contributed by atoms with E-state index in [1.54, 1.807) is 23.1 Å². The first-order chi connectivity index (χ1) is 10.1. The van der Waals surface area contributed by atoms with Crippen molar-refractivity contribution in [2.75, 3.05) is 0 Å². The number of rotatable bonds is 4. The van der Waals surface area contributed by atoms with Crippen molar-refractivity contribution in [3.05, 3.63) is 44.9 Å². The number of aromatic nitrogens is 1. The molecule has 2 aromatic rings. The fourth-order valence-corrected chi connectivity index (χ4v) is 4.64. The minimum absolute atomic E-state index is 0.417.